The molecule has 2 aromatic heterocycles. The summed E-state index contributed by atoms with van der Waals surface area (Å²) in [6.45, 7) is 0.644. The molecule has 3 aromatic rings. The molecule has 3 heterocycles. The quantitative estimate of drug-likeness (QED) is 0.719. The Hall–Kier alpha value is -2.60. The van der Waals surface area contributed by atoms with Crippen molar-refractivity contribution >= 4 is 17.5 Å². The largest absolute Gasteiger partial charge is 0.459 e. The monoisotopic (exact) mass is 343 g/mol. The van der Waals surface area contributed by atoms with Gasteiger partial charge in [0.1, 0.15) is 0 Å². The Morgan fingerprint density at radius 3 is 3.00 bits per heavy atom. The summed E-state index contributed by atoms with van der Waals surface area (Å²) < 4.78 is 10.6. The maximum atomic E-state index is 12.5. The fourth-order valence-corrected chi connectivity index (χ4v) is 3.12. The second-order valence-corrected chi connectivity index (χ2v) is 6.04. The maximum absolute atomic E-state index is 12.5. The molecule has 1 saturated heterocycles. The SMILES string of the molecule is O=C(c1ccco1)N1CCCC1c1noc(-c2cccc(Cl)c2)n1. The Kier molecular flexibility index (Phi) is 3.82. The van der Waals surface area contributed by atoms with Gasteiger partial charge in [0.25, 0.3) is 11.8 Å². The van der Waals surface area contributed by atoms with Crippen molar-refractivity contribution in [1.82, 2.24) is 15.0 Å². The predicted molar refractivity (Wildman–Crippen MR) is 86.5 cm³/mol. The number of benzene rings is 1. The number of rotatable bonds is 3. The van der Waals surface area contributed by atoms with Crippen molar-refractivity contribution in [2.24, 2.45) is 0 Å². The highest BCUT2D eigenvalue weighted by Crippen LogP contribution is 2.33. The van der Waals surface area contributed by atoms with E-state index in [4.69, 9.17) is 20.5 Å². The molecular weight excluding hydrogens is 330 g/mol. The molecule has 6 nitrogen and oxygen atoms in total. The summed E-state index contributed by atoms with van der Waals surface area (Å²) in [7, 11) is 0. The zero-order valence-electron chi connectivity index (χ0n) is 12.7. The molecule has 1 unspecified atom stereocenters. The van der Waals surface area contributed by atoms with Crippen LogP contribution in [-0.2, 0) is 0 Å². The zero-order valence-corrected chi connectivity index (χ0v) is 13.4. The van der Waals surface area contributed by atoms with Gasteiger partial charge in [-0.25, -0.2) is 0 Å². The number of furan rings is 1. The molecule has 0 spiro atoms. The first-order valence-corrected chi connectivity index (χ1v) is 8.04. The van der Waals surface area contributed by atoms with Gasteiger partial charge in [-0.05, 0) is 43.2 Å². The molecule has 1 amide bonds. The van der Waals surface area contributed by atoms with E-state index in [1.54, 1.807) is 29.2 Å². The van der Waals surface area contributed by atoms with E-state index < -0.39 is 0 Å². The summed E-state index contributed by atoms with van der Waals surface area (Å²) in [6, 6.07) is 10.4. The number of hydrogen-bond donors (Lipinski definition) is 0. The first-order valence-electron chi connectivity index (χ1n) is 7.66. The first kappa shape index (κ1) is 15.0. The fourth-order valence-electron chi connectivity index (χ4n) is 2.93. The summed E-state index contributed by atoms with van der Waals surface area (Å²) >= 11 is 6.00. The molecule has 122 valence electrons. The van der Waals surface area contributed by atoms with Crippen LogP contribution in [0.15, 0.2) is 51.6 Å². The maximum Gasteiger partial charge on any atom is 0.290 e. The van der Waals surface area contributed by atoms with E-state index >= 15 is 0 Å². The lowest BCUT2D eigenvalue weighted by Crippen LogP contribution is -2.30. The minimum atomic E-state index is -0.209. The third-order valence-corrected chi connectivity index (χ3v) is 4.29. The van der Waals surface area contributed by atoms with Crippen LogP contribution >= 0.6 is 11.6 Å². The van der Waals surface area contributed by atoms with E-state index in [0.29, 0.717) is 29.0 Å². The summed E-state index contributed by atoms with van der Waals surface area (Å²) in [4.78, 5) is 18.7. The molecule has 0 aliphatic carbocycles. The van der Waals surface area contributed by atoms with Gasteiger partial charge in [-0.2, -0.15) is 4.98 Å². The first-order chi connectivity index (χ1) is 11.7. The zero-order chi connectivity index (χ0) is 16.5. The molecule has 1 aliphatic heterocycles. The molecule has 1 atom stereocenters. The van der Waals surface area contributed by atoms with Gasteiger partial charge in [0.15, 0.2) is 11.6 Å². The summed E-state index contributed by atoms with van der Waals surface area (Å²) in [5.74, 6) is 1.06. The lowest BCUT2D eigenvalue weighted by Gasteiger charge is -2.20. The lowest BCUT2D eigenvalue weighted by molar-refractivity contribution is 0.0696. The van der Waals surface area contributed by atoms with Crippen LogP contribution in [0.3, 0.4) is 0 Å². The minimum Gasteiger partial charge on any atom is -0.459 e. The van der Waals surface area contributed by atoms with Gasteiger partial charge in [-0.3, -0.25) is 4.79 Å². The minimum absolute atomic E-state index is 0.156. The van der Waals surface area contributed by atoms with Crippen LogP contribution in [0, 0.1) is 0 Å². The van der Waals surface area contributed by atoms with E-state index in [0.717, 1.165) is 18.4 Å². The van der Waals surface area contributed by atoms with Crippen molar-refractivity contribution in [2.45, 2.75) is 18.9 Å². The Labute approximate surface area is 143 Å². The fraction of sp³-hybridized carbons (Fsp3) is 0.235. The molecular formula is C17H14ClN3O3. The van der Waals surface area contributed by atoms with Crippen LogP contribution in [0.5, 0.6) is 0 Å². The van der Waals surface area contributed by atoms with Crippen LogP contribution in [0.1, 0.15) is 35.3 Å². The molecule has 0 saturated carbocycles. The van der Waals surface area contributed by atoms with Gasteiger partial charge < -0.3 is 13.8 Å². The van der Waals surface area contributed by atoms with Gasteiger partial charge in [0.05, 0.1) is 12.3 Å². The van der Waals surface area contributed by atoms with Crippen LogP contribution in [0.25, 0.3) is 11.5 Å². The molecule has 1 fully saturated rings. The molecule has 24 heavy (non-hydrogen) atoms. The van der Waals surface area contributed by atoms with Crippen LogP contribution in [-0.4, -0.2) is 27.5 Å². The highest BCUT2D eigenvalue weighted by atomic mass is 35.5. The molecule has 0 bridgehead atoms. The average molecular weight is 344 g/mol. The smallest absolute Gasteiger partial charge is 0.290 e. The highest BCUT2D eigenvalue weighted by Gasteiger charge is 2.35. The van der Waals surface area contributed by atoms with Gasteiger partial charge in [-0.1, -0.05) is 22.8 Å². The molecule has 7 heteroatoms. The van der Waals surface area contributed by atoms with Crippen molar-refractivity contribution in [3.05, 3.63) is 59.3 Å². The number of likely N-dealkylation sites (tertiary alicyclic amines) is 1. The van der Waals surface area contributed by atoms with Crippen molar-refractivity contribution in [3.8, 4) is 11.5 Å². The molecule has 1 aliphatic rings. The van der Waals surface area contributed by atoms with E-state index in [-0.39, 0.29) is 11.9 Å². The van der Waals surface area contributed by atoms with Crippen molar-refractivity contribution in [1.29, 1.82) is 0 Å². The van der Waals surface area contributed by atoms with Crippen LogP contribution in [0.2, 0.25) is 5.02 Å². The Morgan fingerprint density at radius 1 is 1.29 bits per heavy atom. The molecule has 0 radical (unpaired) electrons. The van der Waals surface area contributed by atoms with E-state index in [9.17, 15) is 4.79 Å². The van der Waals surface area contributed by atoms with Crippen molar-refractivity contribution < 1.29 is 13.7 Å². The standard InChI is InChI=1S/C17H14ClN3O3/c18-12-5-1-4-11(10-12)16-19-15(20-24-16)13-6-2-8-21(13)17(22)14-7-3-9-23-14/h1,3-5,7,9-10,13H,2,6,8H2. The molecule has 4 rings (SSSR count). The van der Waals surface area contributed by atoms with Gasteiger partial charge in [-0.15, -0.1) is 0 Å². The second kappa shape index (κ2) is 6.13. The number of aromatic nitrogens is 2. The van der Waals surface area contributed by atoms with Crippen molar-refractivity contribution in [3.63, 3.8) is 0 Å². The normalized spacial score (nSPS) is 17.4. The Morgan fingerprint density at radius 2 is 2.21 bits per heavy atom. The summed E-state index contributed by atoms with van der Waals surface area (Å²) in [5.41, 5.74) is 0.753. The predicted octanol–water partition coefficient (Wildman–Crippen LogP) is 3.96. The number of amides is 1. The summed E-state index contributed by atoms with van der Waals surface area (Å²) in [5, 5.41) is 4.66. The number of halogens is 1. The number of carbonyl (C=O) groups excluding carboxylic acids is 1. The lowest BCUT2D eigenvalue weighted by atomic mass is 10.2. The van der Waals surface area contributed by atoms with E-state index in [1.165, 1.54) is 6.26 Å². The molecule has 0 N–H and O–H groups in total. The topological polar surface area (TPSA) is 72.4 Å². The van der Waals surface area contributed by atoms with Crippen LogP contribution < -0.4 is 0 Å². The van der Waals surface area contributed by atoms with Gasteiger partial charge in [0, 0.05) is 17.1 Å². The second-order valence-electron chi connectivity index (χ2n) is 5.60. The molecule has 1 aromatic carbocycles. The number of nitrogens with zero attached hydrogens (tertiary/aromatic N) is 3. The number of hydrogen-bond acceptors (Lipinski definition) is 5. The Bertz CT molecular complexity index is 860. The van der Waals surface area contributed by atoms with Gasteiger partial charge >= 0.3 is 0 Å². The number of carbonyl (C=O) groups is 1. The van der Waals surface area contributed by atoms with E-state index in [1.807, 2.05) is 12.1 Å². The third kappa shape index (κ3) is 2.69. The van der Waals surface area contributed by atoms with E-state index in [2.05, 4.69) is 10.1 Å². The highest BCUT2D eigenvalue weighted by molar-refractivity contribution is 6.30. The third-order valence-electron chi connectivity index (χ3n) is 4.06. The average Bonchev–Trinajstić information content (AvgIpc) is 3.33. The summed E-state index contributed by atoms with van der Waals surface area (Å²) in [6.07, 6.45) is 3.17. The van der Waals surface area contributed by atoms with Crippen LogP contribution in [0.4, 0.5) is 0 Å². The van der Waals surface area contributed by atoms with Gasteiger partial charge in [0.2, 0.25) is 0 Å². The Balaban J connectivity index is 1.60. The van der Waals surface area contributed by atoms with Crippen molar-refractivity contribution in [2.75, 3.05) is 6.54 Å².